The van der Waals surface area contributed by atoms with Gasteiger partial charge in [0, 0.05) is 0 Å². The van der Waals surface area contributed by atoms with Crippen molar-refractivity contribution in [3.63, 3.8) is 0 Å². The highest BCUT2D eigenvalue weighted by atomic mass is 16.5. The van der Waals surface area contributed by atoms with E-state index in [0.29, 0.717) is 6.61 Å². The summed E-state index contributed by atoms with van der Waals surface area (Å²) in [5.41, 5.74) is 3.44. The molecule has 3 heteroatoms. The minimum absolute atomic E-state index is 0.108. The van der Waals surface area contributed by atoms with E-state index in [-0.39, 0.29) is 5.92 Å². The molecule has 1 atom stereocenters. The topological polar surface area (TPSA) is 42.2 Å². The first kappa shape index (κ1) is 16.9. The average molecular weight is 309 g/mol. The Morgan fingerprint density at radius 2 is 1.83 bits per heavy atom. The van der Waals surface area contributed by atoms with Crippen LogP contribution in [0, 0.1) is 25.2 Å². The van der Waals surface area contributed by atoms with Gasteiger partial charge in [0.15, 0.2) is 0 Å². The van der Waals surface area contributed by atoms with E-state index in [1.807, 2.05) is 36.4 Å². The summed E-state index contributed by atoms with van der Waals surface area (Å²) in [5.74, 6) is 1.63. The van der Waals surface area contributed by atoms with Crippen LogP contribution in [0.25, 0.3) is 0 Å². The third-order valence-corrected chi connectivity index (χ3v) is 4.12. The molecule has 0 aliphatic heterocycles. The standard InChI is InChI=1S/C20H23NO2/c1-15-6-4-8-20(16(15)2)23-13-5-7-18(14-21)17-9-11-19(22-3)12-10-17/h4,6,8-12,18H,5,7,13H2,1-3H3. The molecular weight excluding hydrogens is 286 g/mol. The average Bonchev–Trinajstić information content (AvgIpc) is 2.59. The fourth-order valence-corrected chi connectivity index (χ4v) is 2.49. The largest absolute Gasteiger partial charge is 0.497 e. The molecule has 0 radical (unpaired) electrons. The molecule has 0 amide bonds. The van der Waals surface area contributed by atoms with Crippen LogP contribution in [0.15, 0.2) is 42.5 Å². The first-order valence-corrected chi connectivity index (χ1v) is 7.88. The second kappa shape index (κ2) is 8.24. The number of methoxy groups -OCH3 is 1. The number of nitrogens with zero attached hydrogens (tertiary/aromatic N) is 1. The van der Waals surface area contributed by atoms with E-state index in [1.54, 1.807) is 7.11 Å². The third-order valence-electron chi connectivity index (χ3n) is 4.12. The Kier molecular flexibility index (Phi) is 6.05. The quantitative estimate of drug-likeness (QED) is 0.691. The summed E-state index contributed by atoms with van der Waals surface area (Å²) in [6.45, 7) is 4.77. The van der Waals surface area contributed by atoms with E-state index >= 15 is 0 Å². The second-order valence-corrected chi connectivity index (χ2v) is 5.64. The number of hydrogen-bond acceptors (Lipinski definition) is 3. The maximum absolute atomic E-state index is 9.38. The van der Waals surface area contributed by atoms with Gasteiger partial charge in [-0.15, -0.1) is 0 Å². The van der Waals surface area contributed by atoms with Crippen molar-refractivity contribution in [2.75, 3.05) is 13.7 Å². The van der Waals surface area contributed by atoms with Gasteiger partial charge >= 0.3 is 0 Å². The highest BCUT2D eigenvalue weighted by molar-refractivity contribution is 5.38. The van der Waals surface area contributed by atoms with Crippen molar-refractivity contribution in [1.82, 2.24) is 0 Å². The monoisotopic (exact) mass is 309 g/mol. The summed E-state index contributed by atoms with van der Waals surface area (Å²) in [4.78, 5) is 0. The lowest BCUT2D eigenvalue weighted by molar-refractivity contribution is 0.303. The lowest BCUT2D eigenvalue weighted by Gasteiger charge is -2.13. The maximum atomic E-state index is 9.38. The van der Waals surface area contributed by atoms with Gasteiger partial charge in [0.05, 0.1) is 25.7 Å². The summed E-state index contributed by atoms with van der Waals surface area (Å²) >= 11 is 0. The van der Waals surface area contributed by atoms with Gasteiger partial charge < -0.3 is 9.47 Å². The summed E-state index contributed by atoms with van der Waals surface area (Å²) < 4.78 is 11.0. The molecule has 0 aromatic heterocycles. The highest BCUT2D eigenvalue weighted by Crippen LogP contribution is 2.24. The number of rotatable bonds is 7. The molecule has 0 N–H and O–H groups in total. The molecule has 23 heavy (non-hydrogen) atoms. The van der Waals surface area contributed by atoms with Crippen LogP contribution < -0.4 is 9.47 Å². The van der Waals surface area contributed by atoms with Gasteiger partial charge in [-0.3, -0.25) is 0 Å². The Hall–Kier alpha value is -2.47. The van der Waals surface area contributed by atoms with E-state index in [4.69, 9.17) is 9.47 Å². The van der Waals surface area contributed by atoms with Gasteiger partial charge in [-0.1, -0.05) is 24.3 Å². The van der Waals surface area contributed by atoms with Crippen LogP contribution in [0.4, 0.5) is 0 Å². The molecule has 2 aromatic rings. The number of nitriles is 1. The fraction of sp³-hybridized carbons (Fsp3) is 0.350. The lowest BCUT2D eigenvalue weighted by atomic mass is 9.96. The smallest absolute Gasteiger partial charge is 0.122 e. The molecule has 2 rings (SSSR count). The Morgan fingerprint density at radius 1 is 1.09 bits per heavy atom. The van der Waals surface area contributed by atoms with Crippen LogP contribution in [-0.4, -0.2) is 13.7 Å². The first-order valence-electron chi connectivity index (χ1n) is 7.88. The summed E-state index contributed by atoms with van der Waals surface area (Å²) in [5, 5.41) is 9.38. The molecular formula is C20H23NO2. The zero-order valence-electron chi connectivity index (χ0n) is 14.0. The Bertz CT molecular complexity index is 671. The predicted molar refractivity (Wildman–Crippen MR) is 92.0 cm³/mol. The van der Waals surface area contributed by atoms with Crippen molar-refractivity contribution in [2.24, 2.45) is 0 Å². The van der Waals surface area contributed by atoms with E-state index in [9.17, 15) is 5.26 Å². The van der Waals surface area contributed by atoms with Gasteiger partial charge in [0.1, 0.15) is 11.5 Å². The van der Waals surface area contributed by atoms with Gasteiger partial charge in [-0.25, -0.2) is 0 Å². The van der Waals surface area contributed by atoms with Crippen LogP contribution in [0.5, 0.6) is 11.5 Å². The number of benzene rings is 2. The molecule has 0 saturated heterocycles. The van der Waals surface area contributed by atoms with Crippen LogP contribution in [0.1, 0.15) is 35.4 Å². The third kappa shape index (κ3) is 4.50. The summed E-state index contributed by atoms with van der Waals surface area (Å²) in [6.07, 6.45) is 1.63. The second-order valence-electron chi connectivity index (χ2n) is 5.64. The molecule has 120 valence electrons. The Labute approximate surface area is 138 Å². The predicted octanol–water partition coefficient (Wildman–Crippen LogP) is 4.78. The van der Waals surface area contributed by atoms with Gasteiger partial charge in [-0.05, 0) is 61.6 Å². The molecule has 0 aliphatic carbocycles. The summed E-state index contributed by atoms with van der Waals surface area (Å²) in [7, 11) is 1.64. The van der Waals surface area contributed by atoms with Crippen LogP contribution >= 0.6 is 0 Å². The minimum atomic E-state index is -0.108. The molecule has 0 aliphatic rings. The van der Waals surface area contributed by atoms with Crippen molar-refractivity contribution >= 4 is 0 Å². The first-order chi connectivity index (χ1) is 11.2. The SMILES string of the molecule is COc1ccc(C(C#N)CCCOc2cccc(C)c2C)cc1. The highest BCUT2D eigenvalue weighted by Gasteiger charge is 2.11. The molecule has 1 unspecified atom stereocenters. The number of aryl methyl sites for hydroxylation is 1. The zero-order valence-corrected chi connectivity index (χ0v) is 14.0. The zero-order chi connectivity index (χ0) is 16.7. The molecule has 0 saturated carbocycles. The molecule has 0 heterocycles. The molecule has 0 fully saturated rings. The van der Waals surface area contributed by atoms with Gasteiger partial charge in [-0.2, -0.15) is 5.26 Å². The van der Waals surface area contributed by atoms with E-state index in [1.165, 1.54) is 11.1 Å². The molecule has 2 aromatic carbocycles. The summed E-state index contributed by atoms with van der Waals surface area (Å²) in [6, 6.07) is 16.2. The van der Waals surface area contributed by atoms with Crippen LogP contribution in [0.3, 0.4) is 0 Å². The Morgan fingerprint density at radius 3 is 2.48 bits per heavy atom. The number of hydrogen-bond donors (Lipinski definition) is 0. The molecule has 3 nitrogen and oxygen atoms in total. The van der Waals surface area contributed by atoms with Gasteiger partial charge in [0.25, 0.3) is 0 Å². The molecule has 0 spiro atoms. The normalized spacial score (nSPS) is 11.6. The fourth-order valence-electron chi connectivity index (χ4n) is 2.49. The van der Waals surface area contributed by atoms with Crippen LogP contribution in [0.2, 0.25) is 0 Å². The molecule has 0 bridgehead atoms. The van der Waals surface area contributed by atoms with E-state index in [0.717, 1.165) is 29.9 Å². The minimum Gasteiger partial charge on any atom is -0.497 e. The van der Waals surface area contributed by atoms with Crippen molar-refractivity contribution in [2.45, 2.75) is 32.6 Å². The van der Waals surface area contributed by atoms with Crippen molar-refractivity contribution in [1.29, 1.82) is 5.26 Å². The lowest BCUT2D eigenvalue weighted by Crippen LogP contribution is -2.03. The maximum Gasteiger partial charge on any atom is 0.122 e. The van der Waals surface area contributed by atoms with Crippen molar-refractivity contribution in [3.8, 4) is 17.6 Å². The van der Waals surface area contributed by atoms with Gasteiger partial charge in [0.2, 0.25) is 0 Å². The number of ether oxygens (including phenoxy) is 2. The Balaban J connectivity index is 1.86. The van der Waals surface area contributed by atoms with E-state index in [2.05, 4.69) is 26.0 Å². The van der Waals surface area contributed by atoms with Crippen LogP contribution in [-0.2, 0) is 0 Å². The van der Waals surface area contributed by atoms with Crippen molar-refractivity contribution in [3.05, 3.63) is 59.2 Å². The van der Waals surface area contributed by atoms with E-state index < -0.39 is 0 Å². The van der Waals surface area contributed by atoms with Crippen molar-refractivity contribution < 1.29 is 9.47 Å².